The van der Waals surface area contributed by atoms with Gasteiger partial charge in [0.2, 0.25) is 5.76 Å². The minimum absolute atomic E-state index is 0.748. The zero-order valence-corrected chi connectivity index (χ0v) is 16.1. The van der Waals surface area contributed by atoms with Crippen LogP contribution in [0.2, 0.25) is 0 Å². The molecule has 16 nitrogen and oxygen atoms in total. The second kappa shape index (κ2) is 9.09. The average molecular weight is 479 g/mol. The Morgan fingerprint density at radius 1 is 1.17 bits per heavy atom. The smallest absolute Gasteiger partial charge is 0.446 e. The number of carbonyl (C=O) groups is 1. The number of aliphatic carboxylic acids is 1. The fourth-order valence-corrected chi connectivity index (χ4v) is 3.52. The highest BCUT2D eigenvalue weighted by atomic mass is 32.3. The van der Waals surface area contributed by atoms with E-state index in [0.29, 0.717) is 0 Å². The van der Waals surface area contributed by atoms with E-state index < -0.39 is 81.7 Å². The lowest BCUT2D eigenvalue weighted by Crippen LogP contribution is -2.65. The molecular formula is C12H17NO15S2. The van der Waals surface area contributed by atoms with Gasteiger partial charge in [-0.2, -0.15) is 21.6 Å². The van der Waals surface area contributed by atoms with Crippen molar-refractivity contribution in [2.45, 2.75) is 36.9 Å². The summed E-state index contributed by atoms with van der Waals surface area (Å²) in [5.41, 5.74) is 0. The van der Waals surface area contributed by atoms with Gasteiger partial charge in [0.15, 0.2) is 12.0 Å². The molecule has 0 spiro atoms. The van der Waals surface area contributed by atoms with Gasteiger partial charge in [-0.15, -0.1) is 0 Å². The third-order valence-corrected chi connectivity index (χ3v) is 4.69. The largest absolute Gasteiger partial charge is 0.475 e. The molecule has 1 saturated heterocycles. The maximum absolute atomic E-state index is 11.1. The standard InChI is InChI=1S/C12H17NO15S2/c14-3-6-9(8(15)7(11(18)25-6)13-29(19,20)21)27-12-5(28-30(22,23)24)2-1-4(26-12)10(16)17/h1-2,6-9,11-15,18H,3H2,(H,16,17)(H,19,20,21)(H,22,23,24)/t6-,7-,8-,9-,11?,12+/m1/s1. The Balaban J connectivity index is 2.33. The quantitative estimate of drug-likeness (QED) is 0.165. The number of allylic oxidation sites excluding steroid dienone is 2. The summed E-state index contributed by atoms with van der Waals surface area (Å²) >= 11 is 0. The van der Waals surface area contributed by atoms with Gasteiger partial charge in [0.1, 0.15) is 24.4 Å². The van der Waals surface area contributed by atoms with Gasteiger partial charge in [0.05, 0.1) is 6.61 Å². The highest BCUT2D eigenvalue weighted by molar-refractivity contribution is 7.83. The number of carboxylic acids is 1. The number of aliphatic hydroxyl groups is 3. The van der Waals surface area contributed by atoms with E-state index in [1.54, 1.807) is 0 Å². The predicted octanol–water partition coefficient (Wildman–Crippen LogP) is -3.77. The van der Waals surface area contributed by atoms with Gasteiger partial charge in [-0.25, -0.2) is 4.79 Å². The lowest BCUT2D eigenvalue weighted by molar-refractivity contribution is -0.286. The minimum atomic E-state index is -5.12. The Morgan fingerprint density at radius 2 is 1.80 bits per heavy atom. The molecule has 0 aromatic heterocycles. The van der Waals surface area contributed by atoms with Gasteiger partial charge in [0.25, 0.3) is 6.29 Å². The Hall–Kier alpha value is -1.87. The first-order valence-corrected chi connectivity index (χ1v) is 10.5. The van der Waals surface area contributed by atoms with Gasteiger partial charge in [0, 0.05) is 0 Å². The monoisotopic (exact) mass is 479 g/mol. The molecule has 0 aromatic carbocycles. The van der Waals surface area contributed by atoms with Crippen LogP contribution in [0.5, 0.6) is 0 Å². The van der Waals surface area contributed by atoms with E-state index in [9.17, 15) is 36.9 Å². The summed E-state index contributed by atoms with van der Waals surface area (Å²) in [6, 6.07) is -1.93. The third kappa shape index (κ3) is 6.31. The molecule has 18 heteroatoms. The van der Waals surface area contributed by atoms with E-state index in [0.717, 1.165) is 12.2 Å². The van der Waals surface area contributed by atoms with E-state index in [1.807, 2.05) is 0 Å². The Bertz CT molecular complexity index is 925. The van der Waals surface area contributed by atoms with Crippen molar-refractivity contribution in [3.05, 3.63) is 23.7 Å². The van der Waals surface area contributed by atoms with Gasteiger partial charge in [-0.1, -0.05) is 0 Å². The van der Waals surface area contributed by atoms with Crippen molar-refractivity contribution >= 4 is 26.7 Å². The normalized spacial score (nSPS) is 32.6. The molecule has 0 radical (unpaired) electrons. The first-order valence-electron chi connectivity index (χ1n) is 7.73. The van der Waals surface area contributed by atoms with E-state index in [1.165, 1.54) is 4.72 Å². The summed E-state index contributed by atoms with van der Waals surface area (Å²) < 4.78 is 82.4. The predicted molar refractivity (Wildman–Crippen MR) is 88.6 cm³/mol. The van der Waals surface area contributed by atoms with Crippen LogP contribution in [0.1, 0.15) is 0 Å². The second-order valence-corrected chi connectivity index (χ2v) is 8.03. The van der Waals surface area contributed by atoms with Crippen LogP contribution in [0.3, 0.4) is 0 Å². The van der Waals surface area contributed by atoms with Crippen LogP contribution in [-0.2, 0) is 43.9 Å². The molecular weight excluding hydrogens is 462 g/mol. The number of hydrogen-bond donors (Lipinski definition) is 7. The number of rotatable bonds is 8. The molecule has 6 atom stereocenters. The van der Waals surface area contributed by atoms with Crippen molar-refractivity contribution in [3.8, 4) is 0 Å². The number of hydrogen-bond acceptors (Lipinski definition) is 12. The highest BCUT2D eigenvalue weighted by Gasteiger charge is 2.48. The first-order chi connectivity index (χ1) is 13.7. The van der Waals surface area contributed by atoms with Crippen molar-refractivity contribution < 1.29 is 69.6 Å². The van der Waals surface area contributed by atoms with Crippen molar-refractivity contribution in [2.24, 2.45) is 0 Å². The summed E-state index contributed by atoms with van der Waals surface area (Å²) in [6.07, 6.45) is -8.03. The van der Waals surface area contributed by atoms with Crippen LogP contribution < -0.4 is 4.72 Å². The molecule has 0 aromatic rings. The molecule has 2 aliphatic rings. The average Bonchev–Trinajstić information content (AvgIpc) is 2.59. The summed E-state index contributed by atoms with van der Waals surface area (Å²) in [7, 11) is -10.1. The van der Waals surface area contributed by atoms with Gasteiger partial charge >= 0.3 is 26.7 Å². The number of carboxylic acid groups (broad SMARTS) is 1. The molecule has 30 heavy (non-hydrogen) atoms. The summed E-state index contributed by atoms with van der Waals surface area (Å²) in [5.74, 6) is -3.20. The lowest BCUT2D eigenvalue weighted by Gasteiger charge is -2.43. The van der Waals surface area contributed by atoms with Crippen LogP contribution in [-0.4, -0.2) is 95.9 Å². The third-order valence-electron chi connectivity index (χ3n) is 3.72. The molecule has 2 rings (SSSR count). The van der Waals surface area contributed by atoms with Crippen LogP contribution in [0, 0.1) is 0 Å². The maximum atomic E-state index is 11.1. The van der Waals surface area contributed by atoms with Gasteiger partial charge in [-0.3, -0.25) is 9.11 Å². The second-order valence-electron chi connectivity index (χ2n) is 5.82. The Morgan fingerprint density at radius 3 is 2.30 bits per heavy atom. The molecule has 2 aliphatic heterocycles. The van der Waals surface area contributed by atoms with Gasteiger partial charge in [-0.05, 0) is 12.2 Å². The molecule has 0 amide bonds. The van der Waals surface area contributed by atoms with Crippen LogP contribution in [0.15, 0.2) is 23.7 Å². The first kappa shape index (κ1) is 24.4. The van der Waals surface area contributed by atoms with E-state index in [4.69, 9.17) is 28.4 Å². The van der Waals surface area contributed by atoms with Crippen LogP contribution in [0.25, 0.3) is 0 Å². The van der Waals surface area contributed by atoms with Crippen molar-refractivity contribution in [3.63, 3.8) is 0 Å². The molecule has 0 saturated carbocycles. The molecule has 172 valence electrons. The lowest BCUT2D eigenvalue weighted by atomic mass is 9.97. The zero-order valence-electron chi connectivity index (χ0n) is 14.5. The number of aliphatic hydroxyl groups excluding tert-OH is 3. The number of ether oxygens (including phenoxy) is 3. The fourth-order valence-electron chi connectivity index (χ4n) is 2.55. The molecule has 7 N–H and O–H groups in total. The summed E-state index contributed by atoms with van der Waals surface area (Å²) in [6.45, 7) is -0.927. The van der Waals surface area contributed by atoms with Crippen molar-refractivity contribution in [1.29, 1.82) is 0 Å². The SMILES string of the molecule is O=C(O)C1=CC=C(OS(=O)(=O)O)[C@H](O[C@H]2[C@H](O)[C@@H](NS(=O)(=O)O)C(O)O[C@@H]2CO)O1. The molecule has 0 bridgehead atoms. The van der Waals surface area contributed by atoms with E-state index >= 15 is 0 Å². The Kier molecular flexibility index (Phi) is 7.40. The minimum Gasteiger partial charge on any atom is -0.475 e. The molecule has 2 heterocycles. The highest BCUT2D eigenvalue weighted by Crippen LogP contribution is 2.29. The van der Waals surface area contributed by atoms with E-state index in [-0.39, 0.29) is 0 Å². The van der Waals surface area contributed by atoms with Crippen LogP contribution >= 0.6 is 0 Å². The van der Waals surface area contributed by atoms with Gasteiger partial charge < -0.3 is 38.8 Å². The maximum Gasteiger partial charge on any atom is 0.446 e. The molecule has 0 aliphatic carbocycles. The molecule has 1 unspecified atom stereocenters. The number of nitrogens with one attached hydrogen (secondary N) is 1. The zero-order chi connectivity index (χ0) is 22.9. The Labute approximate surface area is 168 Å². The summed E-state index contributed by atoms with van der Waals surface area (Å²) in [5, 5.41) is 38.5. The van der Waals surface area contributed by atoms with Crippen molar-refractivity contribution in [1.82, 2.24) is 4.72 Å². The molecule has 1 fully saturated rings. The van der Waals surface area contributed by atoms with Crippen LogP contribution in [0.4, 0.5) is 0 Å². The fraction of sp³-hybridized carbons (Fsp3) is 0.583. The van der Waals surface area contributed by atoms with E-state index in [2.05, 4.69) is 4.18 Å². The summed E-state index contributed by atoms with van der Waals surface area (Å²) in [4.78, 5) is 11.1. The topological polar surface area (TPSA) is 256 Å². The van der Waals surface area contributed by atoms with Crippen molar-refractivity contribution in [2.75, 3.05) is 6.61 Å².